The monoisotopic (exact) mass is 411 g/mol. The van der Waals surface area contributed by atoms with Crippen molar-refractivity contribution in [2.75, 3.05) is 6.79 Å². The van der Waals surface area contributed by atoms with E-state index in [4.69, 9.17) is 14.2 Å². The van der Waals surface area contributed by atoms with Crippen LogP contribution in [0.2, 0.25) is 0 Å². The normalized spacial score (nSPS) is 13.0. The lowest BCUT2D eigenvalue weighted by atomic mass is 10.2. The van der Waals surface area contributed by atoms with Crippen molar-refractivity contribution < 1.29 is 28.2 Å². The molecule has 1 aromatic heterocycles. The second-order valence-corrected chi connectivity index (χ2v) is 6.58. The molecule has 0 saturated carbocycles. The fraction of sp³-hybridized carbons (Fsp3) is 0.190. The van der Waals surface area contributed by atoms with Crippen molar-refractivity contribution >= 4 is 11.9 Å². The highest BCUT2D eigenvalue weighted by Crippen LogP contribution is 2.32. The number of rotatable bonds is 6. The highest BCUT2D eigenvalue weighted by atomic mass is 19.1. The molecule has 0 unspecified atom stereocenters. The highest BCUT2D eigenvalue weighted by Gasteiger charge is 2.22. The average Bonchev–Trinajstić information content (AvgIpc) is 3.41. The minimum absolute atomic E-state index is 0.122. The minimum Gasteiger partial charge on any atom is -0.454 e. The third-order valence-electron chi connectivity index (χ3n) is 4.51. The molecule has 8 nitrogen and oxygen atoms in total. The van der Waals surface area contributed by atoms with Crippen LogP contribution < -0.4 is 14.8 Å². The van der Waals surface area contributed by atoms with Gasteiger partial charge >= 0.3 is 5.97 Å². The molecule has 1 aliphatic heterocycles. The number of imidazole rings is 1. The summed E-state index contributed by atoms with van der Waals surface area (Å²) in [5.41, 5.74) is 1.48. The van der Waals surface area contributed by atoms with Gasteiger partial charge in [0.1, 0.15) is 5.82 Å². The fourth-order valence-corrected chi connectivity index (χ4v) is 2.91. The number of carbonyl (C=O) groups is 2. The van der Waals surface area contributed by atoms with E-state index in [0.29, 0.717) is 17.2 Å². The molecule has 1 N–H and O–H groups in total. The molecule has 9 heteroatoms. The van der Waals surface area contributed by atoms with Crippen molar-refractivity contribution in [2.24, 2.45) is 0 Å². The van der Waals surface area contributed by atoms with Gasteiger partial charge in [0.05, 0.1) is 12.5 Å². The third-order valence-corrected chi connectivity index (χ3v) is 4.51. The van der Waals surface area contributed by atoms with Crippen molar-refractivity contribution in [1.29, 1.82) is 0 Å². The smallest absolute Gasteiger partial charge is 0.357 e. The standard InChI is InChI=1S/C21H18FN3O5/c1-13(20(26)24-9-14-2-7-18-19(8-14)29-12-28-18)30-21(27)17-10-23-11-25(17)16-5-3-15(22)4-6-16/h2-8,10-11,13H,9,12H2,1H3,(H,24,26)/t13-/m0/s1. The molecule has 1 amide bonds. The molecule has 0 spiro atoms. The first-order valence-electron chi connectivity index (χ1n) is 9.17. The first-order chi connectivity index (χ1) is 14.5. The molecule has 30 heavy (non-hydrogen) atoms. The van der Waals surface area contributed by atoms with Crippen molar-refractivity contribution in [2.45, 2.75) is 19.6 Å². The number of carbonyl (C=O) groups excluding carboxylic acids is 2. The summed E-state index contributed by atoms with van der Waals surface area (Å²) in [6.45, 7) is 1.89. The van der Waals surface area contributed by atoms with Gasteiger partial charge in [-0.05, 0) is 48.9 Å². The van der Waals surface area contributed by atoms with E-state index >= 15 is 0 Å². The van der Waals surface area contributed by atoms with Crippen molar-refractivity contribution in [3.63, 3.8) is 0 Å². The van der Waals surface area contributed by atoms with Gasteiger partial charge in [0, 0.05) is 12.2 Å². The van der Waals surface area contributed by atoms with Gasteiger partial charge in [-0.25, -0.2) is 14.2 Å². The van der Waals surface area contributed by atoms with Crippen LogP contribution in [0.25, 0.3) is 5.69 Å². The second kappa shape index (κ2) is 8.24. The van der Waals surface area contributed by atoms with Gasteiger partial charge in [-0.15, -0.1) is 0 Å². The van der Waals surface area contributed by atoms with Crippen LogP contribution in [-0.2, 0) is 16.1 Å². The fourth-order valence-electron chi connectivity index (χ4n) is 2.91. The summed E-state index contributed by atoms with van der Waals surface area (Å²) in [6.07, 6.45) is 1.71. The Hall–Kier alpha value is -3.88. The number of esters is 1. The quantitative estimate of drug-likeness (QED) is 0.627. The Kier molecular flexibility index (Phi) is 5.34. The van der Waals surface area contributed by atoms with Crippen LogP contribution in [0.4, 0.5) is 4.39 Å². The number of hydrogen-bond donors (Lipinski definition) is 1. The number of nitrogens with zero attached hydrogens (tertiary/aromatic N) is 2. The highest BCUT2D eigenvalue weighted by molar-refractivity contribution is 5.91. The summed E-state index contributed by atoms with van der Waals surface area (Å²) in [6, 6.07) is 10.9. The van der Waals surface area contributed by atoms with Gasteiger partial charge in [0.2, 0.25) is 6.79 Å². The summed E-state index contributed by atoms with van der Waals surface area (Å²) in [7, 11) is 0. The van der Waals surface area contributed by atoms with Gasteiger partial charge < -0.3 is 19.5 Å². The summed E-state index contributed by atoms with van der Waals surface area (Å²) < 4.78 is 30.4. The van der Waals surface area contributed by atoms with Crippen molar-refractivity contribution in [1.82, 2.24) is 14.9 Å². The second-order valence-electron chi connectivity index (χ2n) is 6.58. The molecule has 1 aliphatic rings. The number of fused-ring (bicyclic) bond motifs is 1. The van der Waals surface area contributed by atoms with Crippen LogP contribution in [0.3, 0.4) is 0 Å². The van der Waals surface area contributed by atoms with Crippen LogP contribution >= 0.6 is 0 Å². The average molecular weight is 411 g/mol. The molecular formula is C21H18FN3O5. The maximum absolute atomic E-state index is 13.1. The zero-order chi connectivity index (χ0) is 21.1. The maximum Gasteiger partial charge on any atom is 0.357 e. The predicted molar refractivity (Wildman–Crippen MR) is 103 cm³/mol. The number of benzene rings is 2. The first-order valence-corrected chi connectivity index (χ1v) is 9.17. The van der Waals surface area contributed by atoms with Crippen LogP contribution in [0.1, 0.15) is 23.0 Å². The molecule has 1 atom stereocenters. The molecule has 154 valence electrons. The van der Waals surface area contributed by atoms with Gasteiger partial charge in [0.25, 0.3) is 5.91 Å². The number of halogens is 1. The Morgan fingerprint density at radius 1 is 1.20 bits per heavy atom. The van der Waals surface area contributed by atoms with E-state index in [9.17, 15) is 14.0 Å². The lowest BCUT2D eigenvalue weighted by Crippen LogP contribution is -2.35. The summed E-state index contributed by atoms with van der Waals surface area (Å²) in [5, 5.41) is 2.72. The molecule has 2 aromatic carbocycles. The largest absolute Gasteiger partial charge is 0.454 e. The van der Waals surface area contributed by atoms with Crippen LogP contribution in [0.5, 0.6) is 11.5 Å². The Balaban J connectivity index is 1.36. The van der Waals surface area contributed by atoms with E-state index in [-0.39, 0.29) is 19.0 Å². The molecule has 0 radical (unpaired) electrons. The van der Waals surface area contributed by atoms with E-state index < -0.39 is 23.8 Å². The maximum atomic E-state index is 13.1. The van der Waals surface area contributed by atoms with Crippen LogP contribution in [0, 0.1) is 5.82 Å². The Morgan fingerprint density at radius 3 is 2.77 bits per heavy atom. The van der Waals surface area contributed by atoms with Gasteiger partial charge in [-0.1, -0.05) is 6.07 Å². The minimum atomic E-state index is -1.02. The molecule has 0 fully saturated rings. The Labute approximate surface area is 171 Å². The molecular weight excluding hydrogens is 393 g/mol. The predicted octanol–water partition coefficient (Wildman–Crippen LogP) is 2.60. The Bertz CT molecular complexity index is 1080. The van der Waals surface area contributed by atoms with Gasteiger partial charge in [-0.3, -0.25) is 9.36 Å². The molecule has 3 aromatic rings. The van der Waals surface area contributed by atoms with Gasteiger partial charge in [0.15, 0.2) is 23.3 Å². The van der Waals surface area contributed by atoms with Gasteiger partial charge in [-0.2, -0.15) is 0 Å². The number of ether oxygens (including phenoxy) is 3. The van der Waals surface area contributed by atoms with Crippen molar-refractivity contribution in [3.8, 4) is 17.2 Å². The van der Waals surface area contributed by atoms with E-state index in [1.165, 1.54) is 48.3 Å². The van der Waals surface area contributed by atoms with E-state index in [0.717, 1.165) is 5.56 Å². The number of nitrogens with one attached hydrogen (secondary N) is 1. The molecule has 2 heterocycles. The summed E-state index contributed by atoms with van der Waals surface area (Å²) in [4.78, 5) is 28.8. The SMILES string of the molecule is C[C@H](OC(=O)c1cncn1-c1ccc(F)cc1)C(=O)NCc1ccc2c(c1)OCO2. The molecule has 4 rings (SSSR count). The topological polar surface area (TPSA) is 91.7 Å². The van der Waals surface area contributed by atoms with E-state index in [2.05, 4.69) is 10.3 Å². The third kappa shape index (κ3) is 4.09. The first kappa shape index (κ1) is 19.4. The number of amides is 1. The lowest BCUT2D eigenvalue weighted by molar-refractivity contribution is -0.129. The van der Waals surface area contributed by atoms with E-state index in [1.807, 2.05) is 6.07 Å². The summed E-state index contributed by atoms with van der Waals surface area (Å²) in [5.74, 6) is -0.285. The Morgan fingerprint density at radius 2 is 1.97 bits per heavy atom. The van der Waals surface area contributed by atoms with Crippen LogP contribution in [0.15, 0.2) is 55.0 Å². The lowest BCUT2D eigenvalue weighted by Gasteiger charge is -2.14. The number of aromatic nitrogens is 2. The zero-order valence-corrected chi connectivity index (χ0v) is 16.0. The summed E-state index contributed by atoms with van der Waals surface area (Å²) >= 11 is 0. The molecule has 0 bridgehead atoms. The van der Waals surface area contributed by atoms with E-state index in [1.54, 1.807) is 12.1 Å². The molecule has 0 aliphatic carbocycles. The molecule has 0 saturated heterocycles. The number of hydrogen-bond acceptors (Lipinski definition) is 6. The van der Waals surface area contributed by atoms with Crippen LogP contribution in [-0.4, -0.2) is 34.3 Å². The van der Waals surface area contributed by atoms with Crippen molar-refractivity contribution in [3.05, 3.63) is 72.1 Å². The zero-order valence-electron chi connectivity index (χ0n) is 16.0.